The van der Waals surface area contributed by atoms with Crippen molar-refractivity contribution in [3.63, 3.8) is 0 Å². The van der Waals surface area contributed by atoms with Gasteiger partial charge in [-0.15, -0.1) is 11.3 Å². The molecule has 4 heterocycles. The number of rotatable bonds is 4. The summed E-state index contributed by atoms with van der Waals surface area (Å²) >= 11 is 3.00. The molecule has 0 aliphatic carbocycles. The van der Waals surface area contributed by atoms with Crippen molar-refractivity contribution >= 4 is 50.7 Å². The monoisotopic (exact) mass is 457 g/mol. The number of piperazine rings is 1. The fraction of sp³-hybridized carbons (Fsp3) is 0.409. The van der Waals surface area contributed by atoms with Crippen molar-refractivity contribution in [3.05, 3.63) is 41.0 Å². The Morgan fingerprint density at radius 2 is 1.71 bits per heavy atom. The molecule has 162 valence electrons. The summed E-state index contributed by atoms with van der Waals surface area (Å²) in [5, 5.41) is 1.74. The van der Waals surface area contributed by atoms with Crippen LogP contribution in [0.2, 0.25) is 0 Å². The summed E-state index contributed by atoms with van der Waals surface area (Å²) in [5.41, 5.74) is 0.991. The van der Waals surface area contributed by atoms with Gasteiger partial charge in [-0.05, 0) is 49.4 Å². The first-order valence-electron chi connectivity index (χ1n) is 10.5. The van der Waals surface area contributed by atoms with Gasteiger partial charge in [-0.2, -0.15) is 0 Å². The lowest BCUT2D eigenvalue weighted by Crippen LogP contribution is -2.48. The Kier molecular flexibility index (Phi) is 5.71. The second-order valence-corrected chi connectivity index (χ2v) is 9.62. The van der Waals surface area contributed by atoms with Crippen LogP contribution in [0.15, 0.2) is 35.5 Å². The van der Waals surface area contributed by atoms with Crippen molar-refractivity contribution in [1.82, 2.24) is 14.9 Å². The highest BCUT2D eigenvalue weighted by Gasteiger charge is 2.26. The Morgan fingerprint density at radius 1 is 1.00 bits per heavy atom. The number of fused-ring (bicyclic) bond motifs is 1. The standard InChI is InChI=1S/C22H24FN5OS2/c1-30-22-24-19(27-8-2-3-9-27)17-14-18(31-20(17)25-22)21(29)28-12-10-26(11-13-28)16-6-4-15(23)5-7-16/h4-7,14H,2-3,8-13H2,1H3. The molecule has 1 aromatic carbocycles. The lowest BCUT2D eigenvalue weighted by molar-refractivity contribution is 0.0751. The molecule has 5 rings (SSSR count). The van der Waals surface area contributed by atoms with Crippen LogP contribution in [0.5, 0.6) is 0 Å². The molecule has 31 heavy (non-hydrogen) atoms. The summed E-state index contributed by atoms with van der Waals surface area (Å²) in [6.07, 6.45) is 4.33. The van der Waals surface area contributed by atoms with E-state index in [0.717, 1.165) is 57.9 Å². The Bertz CT molecular complexity index is 1090. The summed E-state index contributed by atoms with van der Waals surface area (Å²) < 4.78 is 13.2. The second kappa shape index (κ2) is 8.63. The van der Waals surface area contributed by atoms with Crippen LogP contribution in [0.3, 0.4) is 0 Å². The van der Waals surface area contributed by atoms with Crippen molar-refractivity contribution in [2.75, 3.05) is 55.3 Å². The minimum atomic E-state index is -0.233. The summed E-state index contributed by atoms with van der Waals surface area (Å²) in [6, 6.07) is 8.52. The number of halogens is 1. The van der Waals surface area contributed by atoms with E-state index >= 15 is 0 Å². The van der Waals surface area contributed by atoms with Gasteiger partial charge in [0.1, 0.15) is 16.5 Å². The van der Waals surface area contributed by atoms with Crippen LogP contribution in [-0.4, -0.2) is 66.3 Å². The van der Waals surface area contributed by atoms with Gasteiger partial charge in [0, 0.05) is 45.0 Å². The Morgan fingerprint density at radius 3 is 2.39 bits per heavy atom. The molecule has 0 unspecified atom stereocenters. The Hall–Kier alpha value is -2.39. The van der Waals surface area contributed by atoms with Gasteiger partial charge in [0.2, 0.25) is 0 Å². The second-order valence-electron chi connectivity index (χ2n) is 7.81. The molecule has 1 amide bonds. The maximum absolute atomic E-state index is 13.2. The predicted molar refractivity (Wildman–Crippen MR) is 125 cm³/mol. The van der Waals surface area contributed by atoms with Gasteiger partial charge in [-0.1, -0.05) is 11.8 Å². The fourth-order valence-electron chi connectivity index (χ4n) is 4.23. The summed E-state index contributed by atoms with van der Waals surface area (Å²) in [4.78, 5) is 30.7. The molecule has 0 N–H and O–H groups in total. The highest BCUT2D eigenvalue weighted by Crippen LogP contribution is 2.34. The number of anilines is 2. The van der Waals surface area contributed by atoms with Crippen molar-refractivity contribution < 1.29 is 9.18 Å². The average Bonchev–Trinajstić information content (AvgIpc) is 3.48. The van der Waals surface area contributed by atoms with Crippen LogP contribution < -0.4 is 9.80 Å². The van der Waals surface area contributed by atoms with Crippen LogP contribution in [-0.2, 0) is 0 Å². The minimum Gasteiger partial charge on any atom is -0.368 e. The van der Waals surface area contributed by atoms with Crippen molar-refractivity contribution in [1.29, 1.82) is 0 Å². The largest absolute Gasteiger partial charge is 0.368 e. The van der Waals surface area contributed by atoms with E-state index in [1.807, 2.05) is 17.2 Å². The first-order valence-corrected chi connectivity index (χ1v) is 12.6. The molecule has 6 nitrogen and oxygen atoms in total. The normalized spacial score (nSPS) is 17.0. The molecule has 3 aromatic rings. The molecule has 2 aliphatic rings. The zero-order chi connectivity index (χ0) is 21.4. The molecule has 2 aliphatic heterocycles. The third kappa shape index (κ3) is 4.08. The smallest absolute Gasteiger partial charge is 0.264 e. The number of amides is 1. The minimum absolute atomic E-state index is 0.0554. The van der Waals surface area contributed by atoms with Crippen LogP contribution >= 0.6 is 23.1 Å². The molecule has 0 radical (unpaired) electrons. The molecule has 2 fully saturated rings. The van der Waals surface area contributed by atoms with Gasteiger partial charge in [0.25, 0.3) is 5.91 Å². The number of hydrogen-bond acceptors (Lipinski definition) is 7. The topological polar surface area (TPSA) is 52.6 Å². The van der Waals surface area contributed by atoms with Gasteiger partial charge in [-0.3, -0.25) is 4.79 Å². The molecular formula is C22H24FN5OS2. The van der Waals surface area contributed by atoms with E-state index in [1.165, 1.54) is 48.1 Å². The van der Waals surface area contributed by atoms with Crippen molar-refractivity contribution in [2.24, 2.45) is 0 Å². The van der Waals surface area contributed by atoms with Gasteiger partial charge in [-0.25, -0.2) is 14.4 Å². The van der Waals surface area contributed by atoms with Crippen molar-refractivity contribution in [2.45, 2.75) is 18.0 Å². The number of benzene rings is 1. The average molecular weight is 458 g/mol. The van der Waals surface area contributed by atoms with E-state index in [-0.39, 0.29) is 11.7 Å². The lowest BCUT2D eigenvalue weighted by Gasteiger charge is -2.36. The Labute approximate surface area is 189 Å². The molecule has 9 heteroatoms. The predicted octanol–water partition coefficient (Wildman–Crippen LogP) is 4.11. The lowest BCUT2D eigenvalue weighted by atomic mass is 10.2. The molecule has 2 saturated heterocycles. The van der Waals surface area contributed by atoms with E-state index in [0.29, 0.717) is 13.1 Å². The zero-order valence-corrected chi connectivity index (χ0v) is 19.0. The van der Waals surface area contributed by atoms with Gasteiger partial charge < -0.3 is 14.7 Å². The number of hydrogen-bond donors (Lipinski definition) is 0. The first kappa shape index (κ1) is 20.5. The SMILES string of the molecule is CSc1nc(N2CCCC2)c2cc(C(=O)N3CCN(c4ccc(F)cc4)CC3)sc2n1. The molecular weight excluding hydrogens is 433 g/mol. The van der Waals surface area contributed by atoms with Crippen LogP contribution in [0.1, 0.15) is 22.5 Å². The molecule has 0 spiro atoms. The third-order valence-corrected chi connectivity index (χ3v) is 7.47. The number of thioether (sulfide) groups is 1. The van der Waals surface area contributed by atoms with Crippen LogP contribution in [0.25, 0.3) is 10.2 Å². The molecule has 2 aromatic heterocycles. The highest BCUT2D eigenvalue weighted by atomic mass is 32.2. The van der Waals surface area contributed by atoms with E-state index in [1.54, 1.807) is 12.1 Å². The van der Waals surface area contributed by atoms with Gasteiger partial charge in [0.05, 0.1) is 10.3 Å². The van der Waals surface area contributed by atoms with Gasteiger partial charge in [0.15, 0.2) is 5.16 Å². The maximum atomic E-state index is 13.2. The van der Waals surface area contributed by atoms with E-state index < -0.39 is 0 Å². The number of nitrogens with zero attached hydrogens (tertiary/aromatic N) is 5. The Balaban J connectivity index is 1.35. The summed E-state index contributed by atoms with van der Waals surface area (Å²) in [7, 11) is 0. The van der Waals surface area contributed by atoms with E-state index in [2.05, 4.69) is 14.8 Å². The molecule has 0 atom stereocenters. The van der Waals surface area contributed by atoms with Crippen molar-refractivity contribution in [3.8, 4) is 0 Å². The molecule has 0 bridgehead atoms. The third-order valence-electron chi connectivity index (χ3n) is 5.91. The summed E-state index contributed by atoms with van der Waals surface area (Å²) in [6.45, 7) is 4.76. The first-order chi connectivity index (χ1) is 15.1. The number of carbonyl (C=O) groups is 1. The summed E-state index contributed by atoms with van der Waals surface area (Å²) in [5.74, 6) is 0.784. The van der Waals surface area contributed by atoms with E-state index in [9.17, 15) is 9.18 Å². The van der Waals surface area contributed by atoms with Crippen LogP contribution in [0.4, 0.5) is 15.9 Å². The van der Waals surface area contributed by atoms with E-state index in [4.69, 9.17) is 4.98 Å². The quantitative estimate of drug-likeness (QED) is 0.434. The van der Waals surface area contributed by atoms with Crippen LogP contribution in [0, 0.1) is 5.82 Å². The number of carbonyl (C=O) groups excluding carboxylic acids is 1. The fourth-order valence-corrected chi connectivity index (χ4v) is 5.64. The highest BCUT2D eigenvalue weighted by molar-refractivity contribution is 7.98. The molecule has 0 saturated carbocycles. The number of thiophene rings is 1. The maximum Gasteiger partial charge on any atom is 0.264 e. The number of aromatic nitrogens is 2. The zero-order valence-electron chi connectivity index (χ0n) is 17.4. The van der Waals surface area contributed by atoms with Gasteiger partial charge >= 0.3 is 0 Å².